The van der Waals surface area contributed by atoms with Gasteiger partial charge in [-0.1, -0.05) is 79.2 Å². The SMILES string of the molecule is COc1ccc(NC(=O)C(c2ccc(C(C)C)cc2)N(Cc2ccc(Cl)cc2)C(=O)Cn2nnc3ccccc32)cc1. The van der Waals surface area contributed by atoms with Crippen LogP contribution in [0.5, 0.6) is 5.75 Å². The largest absolute Gasteiger partial charge is 0.497 e. The van der Waals surface area contributed by atoms with E-state index in [4.69, 9.17) is 16.3 Å². The average Bonchev–Trinajstić information content (AvgIpc) is 3.41. The lowest BCUT2D eigenvalue weighted by molar-refractivity contribution is -0.140. The van der Waals surface area contributed by atoms with Crippen molar-refractivity contribution < 1.29 is 14.3 Å². The Morgan fingerprint density at radius 3 is 2.24 bits per heavy atom. The van der Waals surface area contributed by atoms with E-state index in [9.17, 15) is 9.59 Å². The Kier molecular flexibility index (Phi) is 8.83. The smallest absolute Gasteiger partial charge is 0.251 e. The van der Waals surface area contributed by atoms with Crippen LogP contribution in [-0.4, -0.2) is 38.8 Å². The predicted octanol–water partition coefficient (Wildman–Crippen LogP) is 6.63. The van der Waals surface area contributed by atoms with Gasteiger partial charge in [0.15, 0.2) is 0 Å². The fourth-order valence-corrected chi connectivity index (χ4v) is 4.91. The van der Waals surface area contributed by atoms with Gasteiger partial charge in [0.05, 0.1) is 12.6 Å². The van der Waals surface area contributed by atoms with Crippen molar-refractivity contribution in [3.63, 3.8) is 0 Å². The summed E-state index contributed by atoms with van der Waals surface area (Å²) in [6.45, 7) is 4.31. The van der Waals surface area contributed by atoms with Gasteiger partial charge in [0, 0.05) is 17.3 Å². The lowest BCUT2D eigenvalue weighted by atomic mass is 9.97. The van der Waals surface area contributed by atoms with E-state index < -0.39 is 6.04 Å². The fraction of sp³-hybridized carbons (Fsp3) is 0.212. The number of nitrogens with zero attached hydrogens (tertiary/aromatic N) is 4. The van der Waals surface area contributed by atoms with Gasteiger partial charge in [0.25, 0.3) is 5.91 Å². The molecular formula is C33H32ClN5O3. The van der Waals surface area contributed by atoms with Crippen LogP contribution < -0.4 is 10.1 Å². The minimum atomic E-state index is -0.939. The van der Waals surface area contributed by atoms with E-state index in [0.717, 1.165) is 16.6 Å². The monoisotopic (exact) mass is 581 g/mol. The summed E-state index contributed by atoms with van der Waals surface area (Å²) in [5.74, 6) is 0.359. The molecule has 0 fully saturated rings. The second kappa shape index (κ2) is 12.9. The Labute approximate surface area is 249 Å². The zero-order chi connectivity index (χ0) is 29.6. The number of hydrogen-bond donors (Lipinski definition) is 1. The van der Waals surface area contributed by atoms with Crippen LogP contribution in [0.1, 0.15) is 42.5 Å². The maximum atomic E-state index is 14.2. The minimum Gasteiger partial charge on any atom is -0.497 e. The second-order valence-electron chi connectivity index (χ2n) is 10.3. The molecule has 9 heteroatoms. The number of carbonyl (C=O) groups excluding carboxylic acids is 2. The highest BCUT2D eigenvalue weighted by atomic mass is 35.5. The van der Waals surface area contributed by atoms with Crippen LogP contribution in [0, 0.1) is 0 Å². The van der Waals surface area contributed by atoms with Crippen molar-refractivity contribution in [3.8, 4) is 5.75 Å². The van der Waals surface area contributed by atoms with E-state index in [-0.39, 0.29) is 24.9 Å². The zero-order valence-corrected chi connectivity index (χ0v) is 24.5. The molecule has 2 amide bonds. The van der Waals surface area contributed by atoms with Crippen molar-refractivity contribution in [2.75, 3.05) is 12.4 Å². The molecule has 1 N–H and O–H groups in total. The van der Waals surface area contributed by atoms with Gasteiger partial charge in [-0.15, -0.1) is 5.10 Å². The van der Waals surface area contributed by atoms with Gasteiger partial charge in [-0.3, -0.25) is 9.59 Å². The number of ether oxygens (including phenoxy) is 1. The Morgan fingerprint density at radius 2 is 1.57 bits per heavy atom. The first kappa shape index (κ1) is 28.8. The number of amides is 2. The number of hydrogen-bond acceptors (Lipinski definition) is 5. The van der Waals surface area contributed by atoms with E-state index in [1.54, 1.807) is 53.1 Å². The van der Waals surface area contributed by atoms with Crippen LogP contribution in [-0.2, 0) is 22.7 Å². The van der Waals surface area contributed by atoms with Crippen LogP contribution in [0.3, 0.4) is 0 Å². The molecule has 214 valence electrons. The summed E-state index contributed by atoms with van der Waals surface area (Å²) in [5.41, 5.74) is 4.67. The quantitative estimate of drug-likeness (QED) is 0.200. The molecule has 0 bridgehead atoms. The van der Waals surface area contributed by atoms with Gasteiger partial charge in [0.2, 0.25) is 5.91 Å². The first-order valence-corrected chi connectivity index (χ1v) is 14.1. The Balaban J connectivity index is 1.55. The van der Waals surface area contributed by atoms with E-state index in [2.05, 4.69) is 29.5 Å². The fourth-order valence-electron chi connectivity index (χ4n) is 4.78. The van der Waals surface area contributed by atoms with Gasteiger partial charge in [-0.25, -0.2) is 4.68 Å². The summed E-state index contributed by atoms with van der Waals surface area (Å²) in [6.07, 6.45) is 0. The summed E-state index contributed by atoms with van der Waals surface area (Å²) in [6, 6.07) is 28.7. The number of fused-ring (bicyclic) bond motifs is 1. The number of aromatic nitrogens is 3. The maximum Gasteiger partial charge on any atom is 0.251 e. The first-order valence-electron chi connectivity index (χ1n) is 13.7. The number of halogens is 1. The summed E-state index contributed by atoms with van der Waals surface area (Å²) in [7, 11) is 1.59. The Bertz CT molecular complexity index is 1670. The third-order valence-electron chi connectivity index (χ3n) is 7.13. The number of nitrogens with one attached hydrogen (secondary N) is 1. The van der Waals surface area contributed by atoms with Crippen molar-refractivity contribution in [1.29, 1.82) is 0 Å². The molecular weight excluding hydrogens is 550 g/mol. The molecule has 5 rings (SSSR count). The number of anilines is 1. The van der Waals surface area contributed by atoms with E-state index >= 15 is 0 Å². The standard InChI is InChI=1S/C33H32ClN5O3/c1-22(2)24-10-12-25(13-11-24)32(33(41)35-27-16-18-28(42-3)19-17-27)38(20-23-8-14-26(34)15-9-23)31(40)21-39-30-7-5-4-6-29(30)36-37-39/h4-19,22,32H,20-21H2,1-3H3,(H,35,41). The van der Waals surface area contributed by atoms with Crippen LogP contribution in [0.2, 0.25) is 5.02 Å². The summed E-state index contributed by atoms with van der Waals surface area (Å²) in [4.78, 5) is 29.9. The van der Waals surface area contributed by atoms with Gasteiger partial charge in [0.1, 0.15) is 23.9 Å². The number of benzene rings is 4. The van der Waals surface area contributed by atoms with Gasteiger partial charge in [-0.05, 0) is 71.1 Å². The molecule has 0 aliphatic rings. The predicted molar refractivity (Wildman–Crippen MR) is 164 cm³/mol. The molecule has 1 unspecified atom stereocenters. The lowest BCUT2D eigenvalue weighted by Crippen LogP contribution is -2.42. The summed E-state index contributed by atoms with van der Waals surface area (Å²) < 4.78 is 6.82. The summed E-state index contributed by atoms with van der Waals surface area (Å²) >= 11 is 6.15. The second-order valence-corrected chi connectivity index (χ2v) is 10.8. The van der Waals surface area contributed by atoms with E-state index in [0.29, 0.717) is 33.5 Å². The molecule has 42 heavy (non-hydrogen) atoms. The molecule has 0 aliphatic heterocycles. The maximum absolute atomic E-state index is 14.2. The lowest BCUT2D eigenvalue weighted by Gasteiger charge is -2.32. The molecule has 0 saturated heterocycles. The van der Waals surface area contributed by atoms with Crippen LogP contribution in [0.25, 0.3) is 11.0 Å². The zero-order valence-electron chi connectivity index (χ0n) is 23.7. The molecule has 4 aromatic carbocycles. The molecule has 0 spiro atoms. The number of carbonyl (C=O) groups is 2. The Hall–Kier alpha value is -4.69. The summed E-state index contributed by atoms with van der Waals surface area (Å²) in [5, 5.41) is 12.0. The molecule has 0 aliphatic carbocycles. The van der Waals surface area contributed by atoms with Crippen LogP contribution >= 0.6 is 11.6 Å². The molecule has 1 atom stereocenters. The Morgan fingerprint density at radius 1 is 0.905 bits per heavy atom. The van der Waals surface area contributed by atoms with Crippen molar-refractivity contribution in [2.45, 2.75) is 38.9 Å². The highest BCUT2D eigenvalue weighted by Crippen LogP contribution is 2.28. The van der Waals surface area contributed by atoms with Crippen molar-refractivity contribution in [3.05, 3.63) is 119 Å². The number of para-hydroxylation sites is 1. The highest BCUT2D eigenvalue weighted by Gasteiger charge is 2.32. The van der Waals surface area contributed by atoms with Gasteiger partial charge < -0.3 is 15.0 Å². The minimum absolute atomic E-state index is 0.0928. The third kappa shape index (κ3) is 6.61. The van der Waals surface area contributed by atoms with Gasteiger partial charge in [-0.2, -0.15) is 0 Å². The van der Waals surface area contributed by atoms with E-state index in [1.165, 1.54) is 0 Å². The van der Waals surface area contributed by atoms with E-state index in [1.807, 2.05) is 60.7 Å². The van der Waals surface area contributed by atoms with Crippen molar-refractivity contribution in [2.24, 2.45) is 0 Å². The molecule has 8 nitrogen and oxygen atoms in total. The van der Waals surface area contributed by atoms with Crippen LogP contribution in [0.4, 0.5) is 5.69 Å². The first-order chi connectivity index (χ1) is 20.3. The molecule has 1 aromatic heterocycles. The number of rotatable bonds is 10. The van der Waals surface area contributed by atoms with Crippen molar-refractivity contribution in [1.82, 2.24) is 19.9 Å². The average molecular weight is 582 g/mol. The molecule has 0 saturated carbocycles. The molecule has 1 heterocycles. The third-order valence-corrected chi connectivity index (χ3v) is 7.38. The highest BCUT2D eigenvalue weighted by molar-refractivity contribution is 6.30. The number of methoxy groups -OCH3 is 1. The van der Waals surface area contributed by atoms with Crippen molar-refractivity contribution >= 4 is 40.1 Å². The molecule has 5 aromatic rings. The van der Waals surface area contributed by atoms with Gasteiger partial charge >= 0.3 is 0 Å². The normalized spacial score (nSPS) is 11.8. The topological polar surface area (TPSA) is 89.4 Å². The molecule has 0 radical (unpaired) electrons. The van der Waals surface area contributed by atoms with Crippen LogP contribution in [0.15, 0.2) is 97.1 Å².